The number of aromatic nitrogens is 2. The molecule has 0 fully saturated rings. The molecule has 0 unspecified atom stereocenters. The van der Waals surface area contributed by atoms with Crippen LogP contribution in [0.3, 0.4) is 0 Å². The lowest BCUT2D eigenvalue weighted by Gasteiger charge is -2.16. The van der Waals surface area contributed by atoms with Crippen molar-refractivity contribution in [1.29, 1.82) is 0 Å². The van der Waals surface area contributed by atoms with E-state index in [-0.39, 0.29) is 11.5 Å². The quantitative estimate of drug-likeness (QED) is 0.274. The van der Waals surface area contributed by atoms with Crippen LogP contribution in [0.4, 0.5) is 0 Å². The normalized spacial score (nSPS) is 12.5. The van der Waals surface area contributed by atoms with E-state index in [0.29, 0.717) is 56.5 Å². The molecular weight excluding hydrogens is 562 g/mol. The van der Waals surface area contributed by atoms with Gasteiger partial charge in [-0.15, -0.1) is 0 Å². The SMILES string of the molecule is CCOc1cc(C=Nn2c([C@H](C)CC)nc3ccc(Br)cc3c2=O)c(Br)c(Cl)c1OCC. The van der Waals surface area contributed by atoms with Crippen LogP contribution in [0.2, 0.25) is 5.02 Å². The lowest BCUT2D eigenvalue weighted by molar-refractivity contribution is 0.287. The summed E-state index contributed by atoms with van der Waals surface area (Å²) in [6.07, 6.45) is 2.39. The summed E-state index contributed by atoms with van der Waals surface area (Å²) < 4.78 is 14.1. The van der Waals surface area contributed by atoms with Crippen molar-refractivity contribution in [1.82, 2.24) is 9.66 Å². The molecule has 170 valence electrons. The van der Waals surface area contributed by atoms with E-state index >= 15 is 0 Å². The van der Waals surface area contributed by atoms with Crippen molar-refractivity contribution in [2.24, 2.45) is 5.10 Å². The molecule has 0 radical (unpaired) electrons. The molecular formula is C23H24Br2ClN3O3. The van der Waals surface area contributed by atoms with Crippen LogP contribution in [-0.2, 0) is 0 Å². The molecule has 2 aromatic carbocycles. The molecule has 32 heavy (non-hydrogen) atoms. The fourth-order valence-electron chi connectivity index (χ4n) is 3.14. The first-order valence-corrected chi connectivity index (χ1v) is 12.3. The minimum Gasteiger partial charge on any atom is -0.490 e. The number of hydrogen-bond donors (Lipinski definition) is 0. The van der Waals surface area contributed by atoms with E-state index in [4.69, 9.17) is 26.1 Å². The number of halogens is 3. The third-order valence-corrected chi connectivity index (χ3v) is 6.88. The molecule has 0 amide bonds. The van der Waals surface area contributed by atoms with Gasteiger partial charge in [-0.05, 0) is 60.5 Å². The standard InChI is InChI=1S/C23H24Br2ClN3O3/c1-5-13(4)22-28-17-9-8-15(24)11-16(17)23(30)29(22)27-12-14-10-18(31-6-2)21(32-7-3)20(26)19(14)25/h8-13H,5-7H2,1-4H3/t13-/m1/s1. The first-order valence-electron chi connectivity index (χ1n) is 10.4. The number of hydrogen-bond acceptors (Lipinski definition) is 5. The molecule has 1 aromatic heterocycles. The minimum atomic E-state index is -0.235. The first-order chi connectivity index (χ1) is 15.3. The van der Waals surface area contributed by atoms with Gasteiger partial charge in [0.2, 0.25) is 0 Å². The van der Waals surface area contributed by atoms with E-state index in [2.05, 4.69) is 37.0 Å². The Bertz CT molecular complexity index is 1230. The van der Waals surface area contributed by atoms with Gasteiger partial charge in [0, 0.05) is 20.4 Å². The van der Waals surface area contributed by atoms with Crippen LogP contribution in [0.1, 0.15) is 51.4 Å². The monoisotopic (exact) mass is 583 g/mol. The predicted octanol–water partition coefficient (Wildman–Crippen LogP) is 6.77. The highest BCUT2D eigenvalue weighted by atomic mass is 79.9. The second-order valence-electron chi connectivity index (χ2n) is 7.09. The molecule has 3 rings (SSSR count). The second kappa shape index (κ2) is 10.8. The van der Waals surface area contributed by atoms with E-state index in [9.17, 15) is 4.79 Å². The molecule has 0 aliphatic rings. The van der Waals surface area contributed by atoms with Crippen molar-refractivity contribution in [3.05, 3.63) is 60.0 Å². The van der Waals surface area contributed by atoms with Crippen LogP contribution in [0.15, 0.2) is 43.1 Å². The fourth-order valence-corrected chi connectivity index (χ4v) is 4.15. The maximum absolute atomic E-state index is 13.3. The van der Waals surface area contributed by atoms with Gasteiger partial charge in [0.1, 0.15) is 10.8 Å². The zero-order valence-corrected chi connectivity index (χ0v) is 22.2. The second-order valence-corrected chi connectivity index (χ2v) is 9.18. The Morgan fingerprint density at radius 3 is 2.56 bits per heavy atom. The summed E-state index contributed by atoms with van der Waals surface area (Å²) in [4.78, 5) is 18.0. The van der Waals surface area contributed by atoms with E-state index in [0.717, 1.165) is 10.9 Å². The Balaban J connectivity index is 2.19. The average molecular weight is 586 g/mol. The summed E-state index contributed by atoms with van der Waals surface area (Å²) in [6.45, 7) is 8.74. The van der Waals surface area contributed by atoms with Crippen molar-refractivity contribution < 1.29 is 9.47 Å². The zero-order chi connectivity index (χ0) is 23.4. The number of ether oxygens (including phenoxy) is 2. The Morgan fingerprint density at radius 1 is 1.19 bits per heavy atom. The van der Waals surface area contributed by atoms with Crippen LogP contribution in [0.25, 0.3) is 10.9 Å². The highest BCUT2D eigenvalue weighted by molar-refractivity contribution is 9.10. The highest BCUT2D eigenvalue weighted by Gasteiger charge is 2.18. The third kappa shape index (κ3) is 5.02. The van der Waals surface area contributed by atoms with Gasteiger partial charge in [0.15, 0.2) is 11.5 Å². The van der Waals surface area contributed by atoms with E-state index in [1.165, 1.54) is 4.68 Å². The molecule has 6 nitrogen and oxygen atoms in total. The topological polar surface area (TPSA) is 65.7 Å². The maximum atomic E-state index is 13.3. The molecule has 1 atom stereocenters. The summed E-state index contributed by atoms with van der Waals surface area (Å²) in [5, 5.41) is 5.39. The highest BCUT2D eigenvalue weighted by Crippen LogP contribution is 2.42. The predicted molar refractivity (Wildman–Crippen MR) is 137 cm³/mol. The number of benzene rings is 2. The van der Waals surface area contributed by atoms with Crippen molar-refractivity contribution >= 4 is 60.6 Å². The van der Waals surface area contributed by atoms with Gasteiger partial charge in [-0.3, -0.25) is 4.79 Å². The molecule has 0 saturated carbocycles. The van der Waals surface area contributed by atoms with E-state index < -0.39 is 0 Å². The van der Waals surface area contributed by atoms with Crippen LogP contribution >= 0.6 is 43.5 Å². The largest absolute Gasteiger partial charge is 0.490 e. The molecule has 0 aliphatic carbocycles. The van der Waals surface area contributed by atoms with Crippen LogP contribution in [0, 0.1) is 0 Å². The van der Waals surface area contributed by atoms with Gasteiger partial charge < -0.3 is 9.47 Å². The fraction of sp³-hybridized carbons (Fsp3) is 0.348. The molecule has 0 aliphatic heterocycles. The van der Waals surface area contributed by atoms with Crippen molar-refractivity contribution in [2.45, 2.75) is 40.0 Å². The maximum Gasteiger partial charge on any atom is 0.282 e. The number of fused-ring (bicyclic) bond motifs is 1. The molecule has 3 aromatic rings. The zero-order valence-electron chi connectivity index (χ0n) is 18.3. The first kappa shape index (κ1) is 24.7. The molecule has 1 heterocycles. The van der Waals surface area contributed by atoms with Gasteiger partial charge in [0.25, 0.3) is 5.56 Å². The van der Waals surface area contributed by atoms with Gasteiger partial charge in [-0.1, -0.05) is 41.4 Å². The molecule has 0 spiro atoms. The minimum absolute atomic E-state index is 0.0410. The van der Waals surface area contributed by atoms with E-state index in [1.54, 1.807) is 18.3 Å². The van der Waals surface area contributed by atoms with Crippen molar-refractivity contribution in [3.8, 4) is 11.5 Å². The van der Waals surface area contributed by atoms with Crippen LogP contribution in [-0.4, -0.2) is 29.1 Å². The van der Waals surface area contributed by atoms with Crippen molar-refractivity contribution in [2.75, 3.05) is 13.2 Å². The molecule has 9 heteroatoms. The Labute approximate surface area is 208 Å². The Morgan fingerprint density at radius 2 is 1.91 bits per heavy atom. The third-order valence-electron chi connectivity index (χ3n) is 4.94. The summed E-state index contributed by atoms with van der Waals surface area (Å²) >= 11 is 13.5. The summed E-state index contributed by atoms with van der Waals surface area (Å²) in [7, 11) is 0. The van der Waals surface area contributed by atoms with Gasteiger partial charge in [-0.2, -0.15) is 9.78 Å². The van der Waals surface area contributed by atoms with Gasteiger partial charge in [0.05, 0.1) is 30.3 Å². The smallest absolute Gasteiger partial charge is 0.282 e. The van der Waals surface area contributed by atoms with Crippen LogP contribution in [0.5, 0.6) is 11.5 Å². The molecule has 0 N–H and O–H groups in total. The number of nitrogens with zero attached hydrogens (tertiary/aromatic N) is 3. The van der Waals surface area contributed by atoms with Crippen LogP contribution < -0.4 is 15.0 Å². The summed E-state index contributed by atoms with van der Waals surface area (Å²) in [5.74, 6) is 1.62. The summed E-state index contributed by atoms with van der Waals surface area (Å²) in [6, 6.07) is 7.25. The van der Waals surface area contributed by atoms with Gasteiger partial charge in [-0.25, -0.2) is 4.98 Å². The molecule has 0 bridgehead atoms. The Hall–Kier alpha value is -1.90. The van der Waals surface area contributed by atoms with Gasteiger partial charge >= 0.3 is 0 Å². The Kier molecular flexibility index (Phi) is 8.36. The average Bonchev–Trinajstić information content (AvgIpc) is 2.78. The van der Waals surface area contributed by atoms with Crippen molar-refractivity contribution in [3.63, 3.8) is 0 Å². The number of rotatable bonds is 8. The summed E-state index contributed by atoms with van der Waals surface area (Å²) in [5.41, 5.74) is 1.06. The van der Waals surface area contributed by atoms with E-state index in [1.807, 2.05) is 39.8 Å². The lowest BCUT2D eigenvalue weighted by atomic mass is 10.1. The lowest BCUT2D eigenvalue weighted by Crippen LogP contribution is -2.23. The molecule has 0 saturated heterocycles.